The van der Waals surface area contributed by atoms with Crippen molar-refractivity contribution in [2.24, 2.45) is 0 Å². The molecular formula is C19H17NO5S. The van der Waals surface area contributed by atoms with Gasteiger partial charge >= 0.3 is 0 Å². The molecule has 0 fully saturated rings. The van der Waals surface area contributed by atoms with Gasteiger partial charge in [-0.25, -0.2) is 0 Å². The maximum absolute atomic E-state index is 12.2. The summed E-state index contributed by atoms with van der Waals surface area (Å²) in [6.45, 7) is 0.247. The topological polar surface area (TPSA) is 77.8 Å². The first kappa shape index (κ1) is 17.8. The SMILES string of the molecule is COc1ccc(OCC(=O)NCc2ccc(C(=O)c3ccco3)s2)cc1. The number of nitrogens with one attached hydrogen (secondary N) is 1. The van der Waals surface area contributed by atoms with Crippen LogP contribution in [0.3, 0.4) is 0 Å². The minimum absolute atomic E-state index is 0.0874. The molecule has 26 heavy (non-hydrogen) atoms. The Hall–Kier alpha value is -3.06. The highest BCUT2D eigenvalue weighted by Crippen LogP contribution is 2.20. The van der Waals surface area contributed by atoms with Crippen LogP contribution < -0.4 is 14.8 Å². The molecule has 2 heterocycles. The third kappa shape index (κ3) is 4.52. The van der Waals surface area contributed by atoms with Crippen LogP contribution in [0.15, 0.2) is 59.2 Å². The molecule has 0 atom stereocenters. The lowest BCUT2D eigenvalue weighted by Gasteiger charge is -2.07. The number of methoxy groups -OCH3 is 1. The number of furan rings is 1. The van der Waals surface area contributed by atoms with E-state index in [1.165, 1.54) is 17.6 Å². The Balaban J connectivity index is 1.46. The molecular weight excluding hydrogens is 354 g/mol. The van der Waals surface area contributed by atoms with Gasteiger partial charge in [-0.15, -0.1) is 11.3 Å². The Morgan fingerprint density at radius 1 is 1.08 bits per heavy atom. The molecule has 1 N–H and O–H groups in total. The maximum Gasteiger partial charge on any atom is 0.258 e. The molecule has 2 aromatic heterocycles. The van der Waals surface area contributed by atoms with Crippen molar-refractivity contribution in [3.05, 3.63) is 70.3 Å². The van der Waals surface area contributed by atoms with Crippen molar-refractivity contribution in [3.8, 4) is 11.5 Å². The molecule has 0 saturated heterocycles. The number of ether oxygens (including phenoxy) is 2. The first-order chi connectivity index (χ1) is 12.7. The number of ketones is 1. The summed E-state index contributed by atoms with van der Waals surface area (Å²) in [4.78, 5) is 25.5. The highest BCUT2D eigenvalue weighted by atomic mass is 32.1. The zero-order valence-corrected chi connectivity index (χ0v) is 14.9. The van der Waals surface area contributed by atoms with E-state index in [1.807, 2.05) is 6.07 Å². The molecule has 0 aliphatic rings. The Morgan fingerprint density at radius 3 is 2.54 bits per heavy atom. The predicted molar refractivity (Wildman–Crippen MR) is 96.8 cm³/mol. The zero-order chi connectivity index (χ0) is 18.4. The predicted octanol–water partition coefficient (Wildman–Crippen LogP) is 3.28. The summed E-state index contributed by atoms with van der Waals surface area (Å²) in [6.07, 6.45) is 1.46. The lowest BCUT2D eigenvalue weighted by atomic mass is 10.2. The van der Waals surface area contributed by atoms with E-state index in [2.05, 4.69) is 5.32 Å². The third-order valence-corrected chi connectivity index (χ3v) is 4.60. The molecule has 0 unspecified atom stereocenters. The van der Waals surface area contributed by atoms with Gasteiger partial charge in [-0.3, -0.25) is 9.59 Å². The van der Waals surface area contributed by atoms with Crippen molar-refractivity contribution in [2.45, 2.75) is 6.54 Å². The van der Waals surface area contributed by atoms with Gasteiger partial charge in [0.25, 0.3) is 5.91 Å². The van der Waals surface area contributed by atoms with Gasteiger partial charge in [0.15, 0.2) is 12.4 Å². The van der Waals surface area contributed by atoms with E-state index in [-0.39, 0.29) is 18.3 Å². The molecule has 0 aliphatic heterocycles. The number of benzene rings is 1. The molecule has 0 radical (unpaired) electrons. The van der Waals surface area contributed by atoms with E-state index in [4.69, 9.17) is 13.9 Å². The summed E-state index contributed by atoms with van der Waals surface area (Å²) < 4.78 is 15.6. The van der Waals surface area contributed by atoms with Crippen molar-refractivity contribution in [3.63, 3.8) is 0 Å². The summed E-state index contributed by atoms with van der Waals surface area (Å²) in [5.74, 6) is 1.20. The van der Waals surface area contributed by atoms with Gasteiger partial charge in [0.2, 0.25) is 5.78 Å². The third-order valence-electron chi connectivity index (χ3n) is 3.52. The zero-order valence-electron chi connectivity index (χ0n) is 14.1. The van der Waals surface area contributed by atoms with Crippen molar-refractivity contribution < 1.29 is 23.5 Å². The molecule has 3 rings (SSSR count). The summed E-state index contributed by atoms with van der Waals surface area (Å²) in [5.41, 5.74) is 0. The summed E-state index contributed by atoms with van der Waals surface area (Å²) >= 11 is 1.32. The minimum atomic E-state index is -0.242. The minimum Gasteiger partial charge on any atom is -0.497 e. The van der Waals surface area contributed by atoms with Crippen LogP contribution in [0.1, 0.15) is 20.3 Å². The lowest BCUT2D eigenvalue weighted by molar-refractivity contribution is -0.123. The first-order valence-corrected chi connectivity index (χ1v) is 8.68. The average molecular weight is 371 g/mol. The largest absolute Gasteiger partial charge is 0.497 e. The fourth-order valence-electron chi connectivity index (χ4n) is 2.18. The Labute approximate surface area is 154 Å². The Morgan fingerprint density at radius 2 is 1.85 bits per heavy atom. The van der Waals surface area contributed by atoms with Crippen LogP contribution in [-0.4, -0.2) is 25.4 Å². The van der Waals surface area contributed by atoms with Crippen LogP contribution in [0.4, 0.5) is 0 Å². The molecule has 134 valence electrons. The van der Waals surface area contributed by atoms with Gasteiger partial charge in [-0.1, -0.05) is 0 Å². The number of thiophene rings is 1. The van der Waals surface area contributed by atoms with Gasteiger partial charge in [0.1, 0.15) is 11.5 Å². The van der Waals surface area contributed by atoms with E-state index >= 15 is 0 Å². The maximum atomic E-state index is 12.2. The monoisotopic (exact) mass is 371 g/mol. The van der Waals surface area contributed by atoms with Crippen molar-refractivity contribution in [2.75, 3.05) is 13.7 Å². The summed E-state index contributed by atoms with van der Waals surface area (Å²) in [7, 11) is 1.58. The van der Waals surface area contributed by atoms with E-state index < -0.39 is 0 Å². The first-order valence-electron chi connectivity index (χ1n) is 7.86. The number of carbonyl (C=O) groups excluding carboxylic acids is 2. The fourth-order valence-corrected chi connectivity index (χ4v) is 3.07. The highest BCUT2D eigenvalue weighted by molar-refractivity contribution is 7.14. The van der Waals surface area contributed by atoms with Crippen LogP contribution in [0.2, 0.25) is 0 Å². The second-order valence-corrected chi connectivity index (χ2v) is 6.48. The molecule has 6 nitrogen and oxygen atoms in total. The quantitative estimate of drug-likeness (QED) is 0.615. The van der Waals surface area contributed by atoms with E-state index in [1.54, 1.807) is 49.6 Å². The van der Waals surface area contributed by atoms with Gasteiger partial charge in [0, 0.05) is 4.88 Å². The summed E-state index contributed by atoms with van der Waals surface area (Å²) in [5, 5.41) is 2.77. The molecule has 3 aromatic rings. The molecule has 7 heteroatoms. The van der Waals surface area contributed by atoms with Gasteiger partial charge < -0.3 is 19.2 Å². The molecule has 0 spiro atoms. The van der Waals surface area contributed by atoms with Gasteiger partial charge in [-0.05, 0) is 48.5 Å². The fraction of sp³-hybridized carbons (Fsp3) is 0.158. The molecule has 1 aromatic carbocycles. The highest BCUT2D eigenvalue weighted by Gasteiger charge is 2.14. The van der Waals surface area contributed by atoms with E-state index in [0.717, 1.165) is 10.6 Å². The second kappa shape index (κ2) is 8.35. The summed E-state index contributed by atoms with van der Waals surface area (Å²) in [6, 6.07) is 13.8. The number of carbonyl (C=O) groups is 2. The van der Waals surface area contributed by atoms with Crippen LogP contribution in [0.25, 0.3) is 0 Å². The average Bonchev–Trinajstić information content (AvgIpc) is 3.36. The van der Waals surface area contributed by atoms with Crippen molar-refractivity contribution >= 4 is 23.0 Å². The van der Waals surface area contributed by atoms with Crippen LogP contribution >= 0.6 is 11.3 Å². The lowest BCUT2D eigenvalue weighted by Crippen LogP contribution is -2.28. The number of hydrogen-bond donors (Lipinski definition) is 1. The van der Waals surface area contributed by atoms with E-state index in [9.17, 15) is 9.59 Å². The Bertz CT molecular complexity index is 868. The second-order valence-electron chi connectivity index (χ2n) is 5.31. The molecule has 0 saturated carbocycles. The van der Waals surface area contributed by atoms with Crippen LogP contribution in [0, 0.1) is 0 Å². The molecule has 1 amide bonds. The van der Waals surface area contributed by atoms with Gasteiger partial charge in [0.05, 0.1) is 24.8 Å². The van der Waals surface area contributed by atoms with E-state index in [0.29, 0.717) is 22.9 Å². The number of hydrogen-bond acceptors (Lipinski definition) is 6. The van der Waals surface area contributed by atoms with Gasteiger partial charge in [-0.2, -0.15) is 0 Å². The number of rotatable bonds is 8. The molecule has 0 aliphatic carbocycles. The normalized spacial score (nSPS) is 10.3. The number of amides is 1. The molecule has 0 bridgehead atoms. The Kier molecular flexibility index (Phi) is 5.70. The smallest absolute Gasteiger partial charge is 0.258 e. The van der Waals surface area contributed by atoms with Crippen LogP contribution in [-0.2, 0) is 11.3 Å². The standard InChI is InChI=1S/C19H17NO5S/c1-23-13-4-6-14(7-5-13)25-12-18(21)20-11-15-8-9-17(26-15)19(22)16-3-2-10-24-16/h2-10H,11-12H2,1H3,(H,20,21). The van der Waals surface area contributed by atoms with Crippen LogP contribution in [0.5, 0.6) is 11.5 Å². The van der Waals surface area contributed by atoms with Crippen molar-refractivity contribution in [1.29, 1.82) is 0 Å². The van der Waals surface area contributed by atoms with Crippen molar-refractivity contribution in [1.82, 2.24) is 5.32 Å².